The Morgan fingerprint density at radius 3 is 2.62 bits per heavy atom. The fourth-order valence-electron chi connectivity index (χ4n) is 1.41. The summed E-state index contributed by atoms with van der Waals surface area (Å²) in [6.45, 7) is 7.51. The molecule has 0 fully saturated rings. The van der Waals surface area contributed by atoms with E-state index in [2.05, 4.69) is 37.9 Å². The Bertz CT molecular complexity index is 299. The van der Waals surface area contributed by atoms with Gasteiger partial charge in [0, 0.05) is 29.4 Å². The van der Waals surface area contributed by atoms with Gasteiger partial charge in [-0.2, -0.15) is 0 Å². The number of nitrogens with two attached hydrogens (primary N) is 1. The van der Waals surface area contributed by atoms with Gasteiger partial charge in [-0.3, -0.25) is 4.90 Å². The van der Waals surface area contributed by atoms with Gasteiger partial charge >= 0.3 is 0 Å². The minimum absolute atomic E-state index is 0.319. The van der Waals surface area contributed by atoms with Crippen LogP contribution in [0.25, 0.3) is 0 Å². The van der Waals surface area contributed by atoms with Crippen molar-refractivity contribution in [1.82, 2.24) is 4.90 Å². The van der Waals surface area contributed by atoms with Crippen LogP contribution in [-0.4, -0.2) is 31.2 Å². The molecule has 0 atom stereocenters. The average molecular weight is 242 g/mol. The van der Waals surface area contributed by atoms with E-state index in [0.29, 0.717) is 12.6 Å². The van der Waals surface area contributed by atoms with Crippen LogP contribution in [0.4, 0.5) is 0 Å². The third-order valence-corrected chi connectivity index (χ3v) is 3.36. The standard InChI is InChI=1S/C12H22N2OS/c1-10(2)15-7-6-14(3)9-12-5-4-11(8-13)16-12/h4-5,10H,6-9,13H2,1-3H3. The van der Waals surface area contributed by atoms with Crippen molar-refractivity contribution >= 4 is 11.3 Å². The zero-order valence-electron chi connectivity index (χ0n) is 10.4. The maximum atomic E-state index is 5.58. The van der Waals surface area contributed by atoms with Gasteiger partial charge in [0.2, 0.25) is 0 Å². The van der Waals surface area contributed by atoms with Crippen molar-refractivity contribution in [2.24, 2.45) is 5.73 Å². The number of hydrogen-bond donors (Lipinski definition) is 1. The van der Waals surface area contributed by atoms with E-state index in [0.717, 1.165) is 19.7 Å². The highest BCUT2D eigenvalue weighted by molar-refractivity contribution is 7.11. The van der Waals surface area contributed by atoms with Gasteiger partial charge < -0.3 is 10.5 Å². The fraction of sp³-hybridized carbons (Fsp3) is 0.667. The summed E-state index contributed by atoms with van der Waals surface area (Å²) in [5, 5.41) is 0. The lowest BCUT2D eigenvalue weighted by Gasteiger charge is -2.16. The van der Waals surface area contributed by atoms with Gasteiger partial charge in [0.05, 0.1) is 12.7 Å². The number of rotatable bonds is 7. The first kappa shape index (κ1) is 13.6. The lowest BCUT2D eigenvalue weighted by atomic mass is 10.4. The highest BCUT2D eigenvalue weighted by atomic mass is 32.1. The summed E-state index contributed by atoms with van der Waals surface area (Å²) in [6.07, 6.45) is 0.319. The van der Waals surface area contributed by atoms with Crippen molar-refractivity contribution < 1.29 is 4.74 Å². The number of thiophene rings is 1. The van der Waals surface area contributed by atoms with Crippen LogP contribution >= 0.6 is 11.3 Å². The second-order valence-electron chi connectivity index (χ2n) is 4.23. The molecule has 0 aliphatic carbocycles. The average Bonchev–Trinajstić information content (AvgIpc) is 2.65. The topological polar surface area (TPSA) is 38.5 Å². The molecule has 3 nitrogen and oxygen atoms in total. The van der Waals surface area contributed by atoms with E-state index in [1.54, 1.807) is 11.3 Å². The van der Waals surface area contributed by atoms with Crippen LogP contribution in [0.2, 0.25) is 0 Å². The van der Waals surface area contributed by atoms with Crippen molar-refractivity contribution in [3.8, 4) is 0 Å². The Balaban J connectivity index is 2.25. The van der Waals surface area contributed by atoms with Crippen LogP contribution in [0, 0.1) is 0 Å². The van der Waals surface area contributed by atoms with E-state index in [1.165, 1.54) is 9.75 Å². The molecule has 0 radical (unpaired) electrons. The zero-order valence-corrected chi connectivity index (χ0v) is 11.2. The molecule has 0 unspecified atom stereocenters. The van der Waals surface area contributed by atoms with Gasteiger partial charge in [-0.25, -0.2) is 0 Å². The Morgan fingerprint density at radius 2 is 2.06 bits per heavy atom. The Kier molecular flexibility index (Phi) is 5.98. The molecule has 92 valence electrons. The second-order valence-corrected chi connectivity index (χ2v) is 5.48. The molecular weight excluding hydrogens is 220 g/mol. The first-order valence-electron chi connectivity index (χ1n) is 5.69. The van der Waals surface area contributed by atoms with E-state index in [9.17, 15) is 0 Å². The molecule has 1 aromatic heterocycles. The Morgan fingerprint density at radius 1 is 1.38 bits per heavy atom. The quantitative estimate of drug-likeness (QED) is 0.795. The number of likely N-dealkylation sites (N-methyl/N-ethyl adjacent to an activating group) is 1. The predicted molar refractivity (Wildman–Crippen MR) is 69.6 cm³/mol. The highest BCUT2D eigenvalue weighted by Crippen LogP contribution is 2.17. The van der Waals surface area contributed by atoms with Crippen molar-refractivity contribution in [2.45, 2.75) is 33.0 Å². The summed E-state index contributed by atoms with van der Waals surface area (Å²) in [7, 11) is 2.12. The minimum atomic E-state index is 0.319. The van der Waals surface area contributed by atoms with E-state index in [1.807, 2.05) is 0 Å². The fourth-order valence-corrected chi connectivity index (χ4v) is 2.38. The molecule has 16 heavy (non-hydrogen) atoms. The first-order valence-corrected chi connectivity index (χ1v) is 6.51. The maximum Gasteiger partial charge on any atom is 0.0596 e. The summed E-state index contributed by atoms with van der Waals surface area (Å²) in [4.78, 5) is 4.89. The number of nitrogens with zero attached hydrogens (tertiary/aromatic N) is 1. The van der Waals surface area contributed by atoms with E-state index >= 15 is 0 Å². The molecule has 1 heterocycles. The van der Waals surface area contributed by atoms with Crippen molar-refractivity contribution in [1.29, 1.82) is 0 Å². The van der Waals surface area contributed by atoms with Crippen molar-refractivity contribution in [3.05, 3.63) is 21.9 Å². The van der Waals surface area contributed by atoms with Gasteiger partial charge in [0.25, 0.3) is 0 Å². The summed E-state index contributed by atoms with van der Waals surface area (Å²) < 4.78 is 5.52. The van der Waals surface area contributed by atoms with Crippen LogP contribution in [0.15, 0.2) is 12.1 Å². The Labute approximate surface area is 102 Å². The SMILES string of the molecule is CC(C)OCCN(C)Cc1ccc(CN)s1. The molecule has 0 saturated heterocycles. The van der Waals surface area contributed by atoms with Crippen molar-refractivity contribution in [2.75, 3.05) is 20.2 Å². The molecule has 0 aliphatic rings. The summed E-state index contributed by atoms with van der Waals surface area (Å²) in [5.74, 6) is 0. The second kappa shape index (κ2) is 7.01. The molecule has 2 N–H and O–H groups in total. The van der Waals surface area contributed by atoms with Crippen LogP contribution in [0.1, 0.15) is 23.6 Å². The Hall–Kier alpha value is -0.420. The monoisotopic (exact) mass is 242 g/mol. The van der Waals surface area contributed by atoms with Gasteiger partial charge in [0.15, 0.2) is 0 Å². The maximum absolute atomic E-state index is 5.58. The summed E-state index contributed by atoms with van der Waals surface area (Å²) in [6, 6.07) is 4.27. The van der Waals surface area contributed by atoms with Gasteiger partial charge in [0.1, 0.15) is 0 Å². The molecule has 0 saturated carbocycles. The summed E-state index contributed by atoms with van der Waals surface area (Å²) in [5.41, 5.74) is 5.58. The molecule has 4 heteroatoms. The van der Waals surface area contributed by atoms with Crippen LogP contribution in [0.5, 0.6) is 0 Å². The molecule has 0 aromatic carbocycles. The van der Waals surface area contributed by atoms with Crippen LogP contribution < -0.4 is 5.73 Å². The highest BCUT2D eigenvalue weighted by Gasteiger charge is 2.03. The first-order chi connectivity index (χ1) is 7.61. The third-order valence-electron chi connectivity index (χ3n) is 2.27. The largest absolute Gasteiger partial charge is 0.377 e. The molecule has 0 spiro atoms. The van der Waals surface area contributed by atoms with Gasteiger partial charge in [-0.15, -0.1) is 11.3 Å². The molecule has 0 aliphatic heterocycles. The predicted octanol–water partition coefficient (Wildman–Crippen LogP) is 2.06. The number of ether oxygens (including phenoxy) is 1. The molecule has 1 rings (SSSR count). The van der Waals surface area contributed by atoms with Gasteiger partial charge in [-0.1, -0.05) is 0 Å². The lowest BCUT2D eigenvalue weighted by Crippen LogP contribution is -2.23. The number of hydrogen-bond acceptors (Lipinski definition) is 4. The van der Waals surface area contributed by atoms with E-state index in [-0.39, 0.29) is 0 Å². The smallest absolute Gasteiger partial charge is 0.0596 e. The van der Waals surface area contributed by atoms with Gasteiger partial charge in [-0.05, 0) is 33.0 Å². The normalized spacial score (nSPS) is 11.6. The molecule has 0 amide bonds. The minimum Gasteiger partial charge on any atom is -0.377 e. The summed E-state index contributed by atoms with van der Waals surface area (Å²) >= 11 is 1.79. The van der Waals surface area contributed by atoms with E-state index < -0.39 is 0 Å². The lowest BCUT2D eigenvalue weighted by molar-refractivity contribution is 0.0628. The molecule has 1 aromatic rings. The third kappa shape index (κ3) is 5.07. The van der Waals surface area contributed by atoms with Crippen LogP contribution in [-0.2, 0) is 17.8 Å². The molecular formula is C12H22N2OS. The van der Waals surface area contributed by atoms with Crippen LogP contribution in [0.3, 0.4) is 0 Å². The molecule has 0 bridgehead atoms. The van der Waals surface area contributed by atoms with Crippen molar-refractivity contribution in [3.63, 3.8) is 0 Å². The zero-order chi connectivity index (χ0) is 12.0. The van der Waals surface area contributed by atoms with E-state index in [4.69, 9.17) is 10.5 Å².